The molecule has 0 bridgehead atoms. The van der Waals surface area contributed by atoms with Crippen LogP contribution in [0.1, 0.15) is 54.6 Å². The van der Waals surface area contributed by atoms with Crippen LogP contribution in [-0.4, -0.2) is 15.5 Å². The number of nitrogens with one attached hydrogen (secondary N) is 1. The molecule has 0 aliphatic rings. The summed E-state index contributed by atoms with van der Waals surface area (Å²) < 4.78 is 7.18. The van der Waals surface area contributed by atoms with Crippen LogP contribution in [0, 0.1) is 6.92 Å². The number of amides is 1. The molecular weight excluding hydrogens is 440 g/mol. The second-order valence-corrected chi connectivity index (χ2v) is 9.63. The van der Waals surface area contributed by atoms with E-state index in [2.05, 4.69) is 10.3 Å². The number of aryl methyl sites for hydroxylation is 3. The second kappa shape index (κ2) is 10.4. The number of halogens is 1. The maximum atomic E-state index is 13.0. The lowest BCUT2D eigenvalue weighted by atomic mass is 9.97. The van der Waals surface area contributed by atoms with Crippen LogP contribution in [0.4, 0.5) is 0 Å². The van der Waals surface area contributed by atoms with Gasteiger partial charge in [0.05, 0.1) is 12.1 Å². The predicted molar refractivity (Wildman–Crippen MR) is 129 cm³/mol. The van der Waals surface area contributed by atoms with Gasteiger partial charge in [-0.05, 0) is 41.8 Å². The van der Waals surface area contributed by atoms with Gasteiger partial charge in [-0.3, -0.25) is 9.59 Å². The zero-order chi connectivity index (χ0) is 24.2. The average molecular weight is 471 g/mol. The van der Waals surface area contributed by atoms with Gasteiger partial charge in [0.25, 0.3) is 5.56 Å². The molecule has 0 aliphatic carbocycles. The molecule has 3 rings (SSSR count). The van der Waals surface area contributed by atoms with Gasteiger partial charge in [-0.15, -0.1) is 0 Å². The molecule has 8 heteroatoms. The molecule has 0 radical (unpaired) electrons. The SMILES string of the molecule is Cc1ccn(CCc2coc(C(C)(C)C)n2)c(=O)c1CC(=O)NCc1cc(Cl)ccc1CN. The molecule has 0 saturated heterocycles. The normalized spacial score (nSPS) is 11.6. The average Bonchev–Trinajstić information content (AvgIpc) is 3.24. The van der Waals surface area contributed by atoms with Crippen molar-refractivity contribution >= 4 is 17.5 Å². The number of nitrogens with two attached hydrogens (primary N) is 1. The summed E-state index contributed by atoms with van der Waals surface area (Å²) in [6.07, 6.45) is 3.95. The van der Waals surface area contributed by atoms with Crippen molar-refractivity contribution in [3.8, 4) is 0 Å². The van der Waals surface area contributed by atoms with Gasteiger partial charge < -0.3 is 20.0 Å². The highest BCUT2D eigenvalue weighted by molar-refractivity contribution is 6.30. The smallest absolute Gasteiger partial charge is 0.254 e. The van der Waals surface area contributed by atoms with Gasteiger partial charge >= 0.3 is 0 Å². The molecule has 0 atom stereocenters. The summed E-state index contributed by atoms with van der Waals surface area (Å²) in [5.41, 5.74) is 9.27. The number of rotatable bonds is 8. The number of benzene rings is 1. The first kappa shape index (κ1) is 24.7. The molecule has 2 aromatic heterocycles. The van der Waals surface area contributed by atoms with Crippen molar-refractivity contribution in [2.45, 2.75) is 65.6 Å². The number of oxazole rings is 1. The van der Waals surface area contributed by atoms with Crippen LogP contribution in [0.25, 0.3) is 0 Å². The van der Waals surface area contributed by atoms with E-state index in [0.717, 1.165) is 22.4 Å². The van der Waals surface area contributed by atoms with E-state index in [1.165, 1.54) is 0 Å². The van der Waals surface area contributed by atoms with E-state index in [1.807, 2.05) is 39.8 Å². The Bertz CT molecular complexity index is 1190. The Morgan fingerprint density at radius 1 is 1.24 bits per heavy atom. The van der Waals surface area contributed by atoms with E-state index in [4.69, 9.17) is 21.8 Å². The molecule has 0 fully saturated rings. The molecule has 1 aromatic carbocycles. The monoisotopic (exact) mass is 470 g/mol. The summed E-state index contributed by atoms with van der Waals surface area (Å²) in [5.74, 6) is 0.436. The Hall–Kier alpha value is -2.90. The van der Waals surface area contributed by atoms with Gasteiger partial charge in [-0.2, -0.15) is 0 Å². The van der Waals surface area contributed by atoms with Crippen LogP contribution in [0.3, 0.4) is 0 Å². The van der Waals surface area contributed by atoms with Gasteiger partial charge in [0.2, 0.25) is 5.91 Å². The fraction of sp³-hybridized carbons (Fsp3) is 0.400. The summed E-state index contributed by atoms with van der Waals surface area (Å²) in [5, 5.41) is 3.46. The maximum absolute atomic E-state index is 13.0. The van der Waals surface area contributed by atoms with E-state index < -0.39 is 0 Å². The predicted octanol–water partition coefficient (Wildman–Crippen LogP) is 3.66. The molecular formula is C25H31ClN4O3. The van der Waals surface area contributed by atoms with Gasteiger partial charge in [0.1, 0.15) is 6.26 Å². The second-order valence-electron chi connectivity index (χ2n) is 9.19. The van der Waals surface area contributed by atoms with Gasteiger partial charge in [0.15, 0.2) is 5.89 Å². The standard InChI is InChI=1S/C25H31ClN4O3/c1-16-7-9-30(10-8-20-15-33-24(29-20)25(2,3)4)23(32)21(16)12-22(31)28-14-18-11-19(26)6-5-17(18)13-27/h5-7,9,11,15H,8,10,12-14,27H2,1-4H3,(H,28,31). The number of hydrogen-bond donors (Lipinski definition) is 2. The minimum Gasteiger partial charge on any atom is -0.448 e. The van der Waals surface area contributed by atoms with Crippen LogP contribution in [0.15, 0.2) is 45.9 Å². The lowest BCUT2D eigenvalue weighted by Gasteiger charge is -2.12. The largest absolute Gasteiger partial charge is 0.448 e. The van der Waals surface area contributed by atoms with Crippen molar-refractivity contribution in [3.63, 3.8) is 0 Å². The van der Waals surface area contributed by atoms with Crippen molar-refractivity contribution in [1.82, 2.24) is 14.9 Å². The number of carbonyl (C=O) groups is 1. The van der Waals surface area contributed by atoms with Crippen LogP contribution >= 0.6 is 11.6 Å². The van der Waals surface area contributed by atoms with Crippen LogP contribution in [-0.2, 0) is 42.7 Å². The molecule has 7 nitrogen and oxygen atoms in total. The van der Waals surface area contributed by atoms with E-state index in [1.54, 1.807) is 29.2 Å². The van der Waals surface area contributed by atoms with Gasteiger partial charge in [-0.25, -0.2) is 4.98 Å². The summed E-state index contributed by atoms with van der Waals surface area (Å²) in [7, 11) is 0. The Balaban J connectivity index is 1.67. The third-order valence-electron chi connectivity index (χ3n) is 5.50. The zero-order valence-electron chi connectivity index (χ0n) is 19.6. The van der Waals surface area contributed by atoms with Gasteiger partial charge in [-0.1, -0.05) is 38.4 Å². The molecule has 1 amide bonds. The minimum absolute atomic E-state index is 0.00215. The summed E-state index contributed by atoms with van der Waals surface area (Å²) in [6, 6.07) is 7.27. The third kappa shape index (κ3) is 6.33. The molecule has 3 N–H and O–H groups in total. The Labute approximate surface area is 199 Å². The van der Waals surface area contributed by atoms with Crippen molar-refractivity contribution in [3.05, 3.63) is 85.9 Å². The fourth-order valence-electron chi connectivity index (χ4n) is 3.48. The summed E-state index contributed by atoms with van der Waals surface area (Å²) >= 11 is 6.07. The number of hydrogen-bond acceptors (Lipinski definition) is 5. The Morgan fingerprint density at radius 2 is 2.00 bits per heavy atom. The highest BCUT2D eigenvalue weighted by atomic mass is 35.5. The van der Waals surface area contributed by atoms with Crippen molar-refractivity contribution < 1.29 is 9.21 Å². The van der Waals surface area contributed by atoms with Crippen LogP contribution < -0.4 is 16.6 Å². The number of nitrogens with zero attached hydrogens (tertiary/aromatic N) is 2. The molecule has 33 heavy (non-hydrogen) atoms. The lowest BCUT2D eigenvalue weighted by molar-refractivity contribution is -0.120. The molecule has 3 aromatic rings. The van der Waals surface area contributed by atoms with Gasteiger partial charge in [0, 0.05) is 48.3 Å². The van der Waals surface area contributed by atoms with Crippen molar-refractivity contribution in [1.29, 1.82) is 0 Å². The number of pyridine rings is 1. The zero-order valence-corrected chi connectivity index (χ0v) is 20.3. The fourth-order valence-corrected chi connectivity index (χ4v) is 3.67. The topological polar surface area (TPSA) is 103 Å². The maximum Gasteiger partial charge on any atom is 0.254 e. The van der Waals surface area contributed by atoms with E-state index in [0.29, 0.717) is 42.5 Å². The molecule has 0 spiro atoms. The molecule has 0 aliphatic heterocycles. The first-order valence-corrected chi connectivity index (χ1v) is 11.3. The molecule has 176 valence electrons. The number of aromatic nitrogens is 2. The van der Waals surface area contributed by atoms with Crippen molar-refractivity contribution in [2.75, 3.05) is 0 Å². The summed E-state index contributed by atoms with van der Waals surface area (Å²) in [4.78, 5) is 30.2. The first-order valence-electron chi connectivity index (χ1n) is 11.0. The third-order valence-corrected chi connectivity index (χ3v) is 5.74. The summed E-state index contributed by atoms with van der Waals surface area (Å²) in [6.45, 7) is 9.05. The molecule has 0 saturated carbocycles. The van der Waals surface area contributed by atoms with Crippen molar-refractivity contribution in [2.24, 2.45) is 5.73 Å². The molecule has 2 heterocycles. The Kier molecular flexibility index (Phi) is 7.76. The highest BCUT2D eigenvalue weighted by Gasteiger charge is 2.20. The Morgan fingerprint density at radius 3 is 2.67 bits per heavy atom. The van der Waals surface area contributed by atoms with Crippen LogP contribution in [0.5, 0.6) is 0 Å². The van der Waals surface area contributed by atoms with E-state index in [9.17, 15) is 9.59 Å². The first-order chi connectivity index (χ1) is 15.6. The molecule has 0 unspecified atom stereocenters. The highest BCUT2D eigenvalue weighted by Crippen LogP contribution is 2.21. The lowest BCUT2D eigenvalue weighted by Crippen LogP contribution is -2.31. The van der Waals surface area contributed by atoms with Crippen LogP contribution in [0.2, 0.25) is 5.02 Å². The number of carbonyl (C=O) groups excluding carboxylic acids is 1. The minimum atomic E-state index is -0.234. The van der Waals surface area contributed by atoms with E-state index >= 15 is 0 Å². The van der Waals surface area contributed by atoms with E-state index in [-0.39, 0.29) is 23.3 Å². The quantitative estimate of drug-likeness (QED) is 0.523.